The summed E-state index contributed by atoms with van der Waals surface area (Å²) in [7, 11) is 0. The van der Waals surface area contributed by atoms with Crippen molar-refractivity contribution in [3.05, 3.63) is 35.9 Å². The Hall–Kier alpha value is -0.530. The average Bonchev–Trinajstić information content (AvgIpc) is 2.05. The third-order valence-electron chi connectivity index (χ3n) is 1.24. The number of rotatable bonds is 2. The average molecular weight is 191 g/mol. The fourth-order valence-electron chi connectivity index (χ4n) is 0.715. The Morgan fingerprint density at radius 3 is 2.27 bits per heavy atom. The maximum Gasteiger partial charge on any atom is 0.142 e. The quantitative estimate of drug-likeness (QED) is 0.518. The van der Waals surface area contributed by atoms with Gasteiger partial charge in [0.2, 0.25) is 0 Å². The Labute approximate surface area is 76.8 Å². The van der Waals surface area contributed by atoms with E-state index in [2.05, 4.69) is 0 Å². The van der Waals surface area contributed by atoms with Crippen LogP contribution in [0, 0.1) is 0 Å². The highest BCUT2D eigenvalue weighted by Crippen LogP contribution is 2.15. The number of carbonyl (C=O) groups is 1. The van der Waals surface area contributed by atoms with Crippen LogP contribution < -0.4 is 0 Å². The molecule has 1 aromatic rings. The summed E-state index contributed by atoms with van der Waals surface area (Å²) in [5.41, 5.74) is 0.846. The van der Waals surface area contributed by atoms with Crippen molar-refractivity contribution in [1.82, 2.24) is 0 Å². The second-order valence-corrected chi connectivity index (χ2v) is 2.42. The molecule has 60 valence electrons. The van der Waals surface area contributed by atoms with Gasteiger partial charge in [-0.25, -0.2) is 0 Å². The number of halogens is 2. The molecule has 0 aliphatic rings. The lowest BCUT2D eigenvalue weighted by atomic mass is 10.2. The Morgan fingerprint density at radius 2 is 1.82 bits per heavy atom. The van der Waals surface area contributed by atoms with Gasteiger partial charge in [0, 0.05) is 0 Å². The molecule has 0 heterocycles. The SMILES string of the molecule is Cl.O=CC(Cl)c1ccccc1. The van der Waals surface area contributed by atoms with E-state index in [1.54, 1.807) is 0 Å². The molecule has 1 aromatic carbocycles. The molecule has 0 amide bonds. The summed E-state index contributed by atoms with van der Waals surface area (Å²) in [4.78, 5) is 10.2. The molecule has 0 bridgehead atoms. The van der Waals surface area contributed by atoms with Crippen molar-refractivity contribution in [2.24, 2.45) is 0 Å². The molecule has 0 spiro atoms. The van der Waals surface area contributed by atoms with Gasteiger partial charge in [-0.15, -0.1) is 24.0 Å². The van der Waals surface area contributed by atoms with E-state index >= 15 is 0 Å². The zero-order chi connectivity index (χ0) is 7.40. The van der Waals surface area contributed by atoms with Crippen molar-refractivity contribution in [1.29, 1.82) is 0 Å². The highest BCUT2D eigenvalue weighted by molar-refractivity contribution is 6.27. The van der Waals surface area contributed by atoms with E-state index in [1.807, 2.05) is 30.3 Å². The molecule has 0 fully saturated rings. The van der Waals surface area contributed by atoms with Crippen molar-refractivity contribution < 1.29 is 4.79 Å². The summed E-state index contributed by atoms with van der Waals surface area (Å²) in [6, 6.07) is 9.25. The van der Waals surface area contributed by atoms with Crippen LogP contribution >= 0.6 is 24.0 Å². The van der Waals surface area contributed by atoms with Crippen LogP contribution in [0.3, 0.4) is 0 Å². The molecule has 0 aromatic heterocycles. The van der Waals surface area contributed by atoms with Gasteiger partial charge < -0.3 is 4.79 Å². The van der Waals surface area contributed by atoms with Gasteiger partial charge in [0.05, 0.1) is 0 Å². The van der Waals surface area contributed by atoms with Crippen molar-refractivity contribution in [3.63, 3.8) is 0 Å². The standard InChI is InChI=1S/C8H7ClO.ClH/c9-8(6-10)7-4-2-1-3-5-7;/h1-6,8H;1H. The number of benzene rings is 1. The topological polar surface area (TPSA) is 17.1 Å². The van der Waals surface area contributed by atoms with Crippen molar-refractivity contribution >= 4 is 30.3 Å². The first-order chi connectivity index (χ1) is 4.84. The minimum Gasteiger partial charge on any atom is -0.301 e. The normalized spacial score (nSPS) is 11.4. The molecular formula is C8H8Cl2O. The van der Waals surface area contributed by atoms with Crippen LogP contribution in [-0.2, 0) is 4.79 Å². The van der Waals surface area contributed by atoms with E-state index in [1.165, 1.54) is 0 Å². The lowest BCUT2D eigenvalue weighted by molar-refractivity contribution is -0.107. The van der Waals surface area contributed by atoms with E-state index in [0.717, 1.165) is 11.8 Å². The smallest absolute Gasteiger partial charge is 0.142 e. The van der Waals surface area contributed by atoms with Gasteiger partial charge in [-0.1, -0.05) is 30.3 Å². The Kier molecular flexibility index (Phi) is 4.92. The first kappa shape index (κ1) is 10.5. The minimum absolute atomic E-state index is 0. The molecule has 3 heteroatoms. The molecule has 1 unspecified atom stereocenters. The second kappa shape index (κ2) is 5.16. The monoisotopic (exact) mass is 190 g/mol. The van der Waals surface area contributed by atoms with Crippen LogP contribution in [0.5, 0.6) is 0 Å². The van der Waals surface area contributed by atoms with E-state index in [-0.39, 0.29) is 12.4 Å². The van der Waals surface area contributed by atoms with Crippen molar-refractivity contribution in [3.8, 4) is 0 Å². The van der Waals surface area contributed by atoms with E-state index in [9.17, 15) is 4.79 Å². The number of alkyl halides is 1. The van der Waals surface area contributed by atoms with E-state index in [0.29, 0.717) is 0 Å². The van der Waals surface area contributed by atoms with Crippen molar-refractivity contribution in [2.45, 2.75) is 5.38 Å². The number of carbonyl (C=O) groups excluding carboxylic acids is 1. The van der Waals surface area contributed by atoms with Gasteiger partial charge >= 0.3 is 0 Å². The molecule has 0 saturated heterocycles. The maximum atomic E-state index is 10.2. The summed E-state index contributed by atoms with van der Waals surface area (Å²) in [5, 5.41) is -0.499. The number of hydrogen-bond acceptors (Lipinski definition) is 1. The highest BCUT2D eigenvalue weighted by Gasteiger charge is 2.02. The third kappa shape index (κ3) is 2.91. The van der Waals surface area contributed by atoms with E-state index in [4.69, 9.17) is 11.6 Å². The van der Waals surface area contributed by atoms with Gasteiger partial charge in [0.15, 0.2) is 0 Å². The van der Waals surface area contributed by atoms with Crippen LogP contribution in [0.1, 0.15) is 10.9 Å². The number of hydrogen-bond donors (Lipinski definition) is 0. The van der Waals surface area contributed by atoms with Crippen LogP contribution in [0.2, 0.25) is 0 Å². The molecule has 0 aliphatic heterocycles. The number of aldehydes is 1. The summed E-state index contributed by atoms with van der Waals surface area (Å²) < 4.78 is 0. The fraction of sp³-hybridized carbons (Fsp3) is 0.125. The fourth-order valence-corrected chi connectivity index (χ4v) is 0.861. The first-order valence-electron chi connectivity index (χ1n) is 2.99. The zero-order valence-corrected chi connectivity index (χ0v) is 7.31. The predicted molar refractivity (Wildman–Crippen MR) is 48.3 cm³/mol. The van der Waals surface area contributed by atoms with Crippen LogP contribution in [0.25, 0.3) is 0 Å². The lowest BCUT2D eigenvalue weighted by Crippen LogP contribution is -1.88. The Balaban J connectivity index is 0.000001000. The van der Waals surface area contributed by atoms with Crippen LogP contribution in [-0.4, -0.2) is 6.29 Å². The maximum absolute atomic E-state index is 10.2. The Bertz CT molecular complexity index is 211. The van der Waals surface area contributed by atoms with Gasteiger partial charge in [-0.3, -0.25) is 0 Å². The van der Waals surface area contributed by atoms with E-state index < -0.39 is 5.38 Å². The lowest BCUT2D eigenvalue weighted by Gasteiger charge is -1.98. The zero-order valence-electron chi connectivity index (χ0n) is 5.74. The highest BCUT2D eigenvalue weighted by atomic mass is 35.5. The molecule has 0 aliphatic carbocycles. The van der Waals surface area contributed by atoms with Crippen LogP contribution in [0.4, 0.5) is 0 Å². The van der Waals surface area contributed by atoms with Gasteiger partial charge in [0.25, 0.3) is 0 Å². The summed E-state index contributed by atoms with van der Waals surface area (Å²) >= 11 is 5.62. The second-order valence-electron chi connectivity index (χ2n) is 1.95. The Morgan fingerprint density at radius 1 is 1.27 bits per heavy atom. The molecule has 11 heavy (non-hydrogen) atoms. The summed E-state index contributed by atoms with van der Waals surface area (Å²) in [6.45, 7) is 0. The molecular weight excluding hydrogens is 183 g/mol. The minimum atomic E-state index is -0.499. The van der Waals surface area contributed by atoms with Crippen molar-refractivity contribution in [2.75, 3.05) is 0 Å². The summed E-state index contributed by atoms with van der Waals surface area (Å²) in [5.74, 6) is 0. The predicted octanol–water partition coefficient (Wildman–Crippen LogP) is 2.59. The molecule has 0 N–H and O–H groups in total. The van der Waals surface area contributed by atoms with Gasteiger partial charge in [-0.2, -0.15) is 0 Å². The molecule has 0 radical (unpaired) electrons. The summed E-state index contributed by atoms with van der Waals surface area (Å²) in [6.07, 6.45) is 0.719. The first-order valence-corrected chi connectivity index (χ1v) is 3.42. The molecule has 0 saturated carbocycles. The molecule has 1 rings (SSSR count). The largest absolute Gasteiger partial charge is 0.301 e. The molecule has 1 atom stereocenters. The molecule has 1 nitrogen and oxygen atoms in total. The van der Waals surface area contributed by atoms with Gasteiger partial charge in [-0.05, 0) is 5.56 Å². The third-order valence-corrected chi connectivity index (χ3v) is 1.59. The van der Waals surface area contributed by atoms with Crippen LogP contribution in [0.15, 0.2) is 30.3 Å². The van der Waals surface area contributed by atoms with Gasteiger partial charge in [0.1, 0.15) is 11.7 Å².